The van der Waals surface area contributed by atoms with E-state index in [9.17, 15) is 13.2 Å². The van der Waals surface area contributed by atoms with Crippen molar-refractivity contribution in [1.29, 1.82) is 0 Å². The van der Waals surface area contributed by atoms with Crippen LogP contribution in [-0.4, -0.2) is 33.2 Å². The van der Waals surface area contributed by atoms with Crippen molar-refractivity contribution < 1.29 is 17.9 Å². The first-order chi connectivity index (χ1) is 9.49. The van der Waals surface area contributed by atoms with Crippen LogP contribution in [0.1, 0.15) is 30.4 Å². The van der Waals surface area contributed by atoms with E-state index >= 15 is 0 Å². The highest BCUT2D eigenvalue weighted by Gasteiger charge is 2.34. The minimum atomic E-state index is -3.14. The smallest absolute Gasteiger partial charge is 0.216 e. The Labute approximate surface area is 118 Å². The fraction of sp³-hybridized carbons (Fsp3) is 0.500. The Morgan fingerprint density at radius 1 is 1.45 bits per heavy atom. The van der Waals surface area contributed by atoms with Crippen molar-refractivity contribution in [2.24, 2.45) is 0 Å². The maximum Gasteiger partial charge on any atom is 0.216 e. The SMILES string of the molecule is CC(=O)NCC1CCOc2ccc3c(c21)CCS3(=O)=O. The van der Waals surface area contributed by atoms with Gasteiger partial charge < -0.3 is 10.1 Å². The zero-order valence-electron chi connectivity index (χ0n) is 11.3. The minimum absolute atomic E-state index is 0.0711. The Morgan fingerprint density at radius 2 is 2.25 bits per heavy atom. The highest BCUT2D eigenvalue weighted by atomic mass is 32.2. The third-order valence-corrected chi connectivity index (χ3v) is 5.75. The molecule has 0 spiro atoms. The molecule has 0 fully saturated rings. The lowest BCUT2D eigenvalue weighted by atomic mass is 9.88. The van der Waals surface area contributed by atoms with Crippen LogP contribution in [0, 0.1) is 0 Å². The molecule has 108 valence electrons. The van der Waals surface area contributed by atoms with E-state index in [2.05, 4.69) is 5.32 Å². The molecule has 0 radical (unpaired) electrons. The van der Waals surface area contributed by atoms with Crippen molar-refractivity contribution in [3.63, 3.8) is 0 Å². The zero-order chi connectivity index (χ0) is 14.3. The second-order valence-electron chi connectivity index (χ2n) is 5.29. The maximum absolute atomic E-state index is 12.0. The van der Waals surface area contributed by atoms with E-state index < -0.39 is 9.84 Å². The number of rotatable bonds is 2. The third-order valence-electron chi connectivity index (χ3n) is 3.96. The molecule has 1 atom stereocenters. The van der Waals surface area contributed by atoms with Crippen LogP contribution in [0.4, 0.5) is 0 Å². The Kier molecular flexibility index (Phi) is 3.20. The summed E-state index contributed by atoms with van der Waals surface area (Å²) in [4.78, 5) is 11.5. The van der Waals surface area contributed by atoms with Gasteiger partial charge in [0.15, 0.2) is 9.84 Å². The number of benzene rings is 1. The Bertz CT molecular complexity index is 666. The van der Waals surface area contributed by atoms with Gasteiger partial charge in [0.05, 0.1) is 17.3 Å². The molecule has 0 bridgehead atoms. The molecule has 3 rings (SSSR count). The van der Waals surface area contributed by atoms with E-state index in [1.807, 2.05) is 0 Å². The first-order valence-electron chi connectivity index (χ1n) is 6.75. The van der Waals surface area contributed by atoms with Crippen LogP contribution in [0.15, 0.2) is 17.0 Å². The van der Waals surface area contributed by atoms with E-state index in [1.54, 1.807) is 12.1 Å². The predicted octanol–water partition coefficient (Wildman–Crippen LogP) is 1.02. The molecule has 0 aliphatic carbocycles. The summed E-state index contributed by atoms with van der Waals surface area (Å²) in [7, 11) is -3.14. The van der Waals surface area contributed by atoms with E-state index in [-0.39, 0.29) is 17.6 Å². The molecule has 6 heteroatoms. The molecule has 1 aromatic rings. The van der Waals surface area contributed by atoms with Crippen molar-refractivity contribution in [2.45, 2.75) is 30.6 Å². The Hall–Kier alpha value is -1.56. The molecule has 0 saturated carbocycles. The standard InChI is InChI=1S/C14H17NO4S/c1-9(16)15-8-10-4-6-19-12-2-3-13-11(14(10)12)5-7-20(13,17)18/h2-3,10H,4-8H2,1H3,(H,15,16). The fourth-order valence-electron chi connectivity index (χ4n) is 3.02. The monoisotopic (exact) mass is 295 g/mol. The quantitative estimate of drug-likeness (QED) is 0.884. The molecule has 0 aromatic heterocycles. The molecule has 1 N–H and O–H groups in total. The van der Waals surface area contributed by atoms with Crippen molar-refractivity contribution in [3.05, 3.63) is 23.3 Å². The summed E-state index contributed by atoms with van der Waals surface area (Å²) in [6.07, 6.45) is 1.34. The van der Waals surface area contributed by atoms with Crippen molar-refractivity contribution >= 4 is 15.7 Å². The van der Waals surface area contributed by atoms with Crippen LogP contribution in [0.2, 0.25) is 0 Å². The van der Waals surface area contributed by atoms with Gasteiger partial charge in [-0.05, 0) is 30.5 Å². The number of fused-ring (bicyclic) bond motifs is 3. The number of hydrogen-bond donors (Lipinski definition) is 1. The number of nitrogens with one attached hydrogen (secondary N) is 1. The molecule has 2 heterocycles. The summed E-state index contributed by atoms with van der Waals surface area (Å²) >= 11 is 0. The van der Waals surface area contributed by atoms with Gasteiger partial charge in [0.2, 0.25) is 5.91 Å². The molecular weight excluding hydrogens is 278 g/mol. The second kappa shape index (κ2) is 4.77. The predicted molar refractivity (Wildman–Crippen MR) is 73.7 cm³/mol. The number of hydrogen-bond acceptors (Lipinski definition) is 4. The first-order valence-corrected chi connectivity index (χ1v) is 8.40. The zero-order valence-corrected chi connectivity index (χ0v) is 12.1. The summed E-state index contributed by atoms with van der Waals surface area (Å²) in [5.74, 6) is 0.998. The summed E-state index contributed by atoms with van der Waals surface area (Å²) in [6.45, 7) is 2.62. The number of carbonyl (C=O) groups is 1. The molecule has 1 amide bonds. The van der Waals surface area contributed by atoms with Gasteiger partial charge in [-0.2, -0.15) is 0 Å². The lowest BCUT2D eigenvalue weighted by Crippen LogP contribution is -2.29. The highest BCUT2D eigenvalue weighted by molar-refractivity contribution is 7.91. The van der Waals surface area contributed by atoms with Crippen LogP contribution >= 0.6 is 0 Å². The van der Waals surface area contributed by atoms with E-state index in [4.69, 9.17) is 4.74 Å². The van der Waals surface area contributed by atoms with Gasteiger partial charge in [-0.25, -0.2) is 8.42 Å². The second-order valence-corrected chi connectivity index (χ2v) is 7.37. The molecule has 0 saturated heterocycles. The summed E-state index contributed by atoms with van der Waals surface area (Å²) in [5, 5.41) is 2.82. The Morgan fingerprint density at radius 3 is 3.00 bits per heavy atom. The topological polar surface area (TPSA) is 72.5 Å². The maximum atomic E-state index is 12.0. The first kappa shape index (κ1) is 13.4. The van der Waals surface area contributed by atoms with Crippen molar-refractivity contribution in [2.75, 3.05) is 18.9 Å². The van der Waals surface area contributed by atoms with Crippen molar-refractivity contribution in [3.8, 4) is 5.75 Å². The minimum Gasteiger partial charge on any atom is -0.493 e. The highest BCUT2D eigenvalue weighted by Crippen LogP contribution is 2.41. The third kappa shape index (κ3) is 2.18. The van der Waals surface area contributed by atoms with Gasteiger partial charge >= 0.3 is 0 Å². The molecule has 1 aromatic carbocycles. The van der Waals surface area contributed by atoms with Crippen LogP contribution in [0.25, 0.3) is 0 Å². The Balaban J connectivity index is 2.04. The van der Waals surface area contributed by atoms with E-state index in [1.165, 1.54) is 6.92 Å². The molecule has 5 nitrogen and oxygen atoms in total. The number of amides is 1. The largest absolute Gasteiger partial charge is 0.493 e. The van der Waals surface area contributed by atoms with Gasteiger partial charge in [-0.3, -0.25) is 4.79 Å². The van der Waals surface area contributed by atoms with E-state index in [0.29, 0.717) is 24.5 Å². The average Bonchev–Trinajstić information content (AvgIpc) is 2.72. The molecule has 1 unspecified atom stereocenters. The van der Waals surface area contributed by atoms with Gasteiger partial charge in [0, 0.05) is 24.9 Å². The molecule has 2 aliphatic heterocycles. The number of ether oxygens (including phenoxy) is 1. The number of sulfone groups is 1. The van der Waals surface area contributed by atoms with Gasteiger partial charge in [0.1, 0.15) is 5.75 Å². The van der Waals surface area contributed by atoms with Crippen LogP contribution in [-0.2, 0) is 21.1 Å². The number of carbonyl (C=O) groups excluding carboxylic acids is 1. The normalized spacial score (nSPS) is 22.6. The van der Waals surface area contributed by atoms with Crippen LogP contribution in [0.5, 0.6) is 5.75 Å². The fourth-order valence-corrected chi connectivity index (χ4v) is 4.57. The van der Waals surface area contributed by atoms with Crippen LogP contribution < -0.4 is 10.1 Å². The molecule has 20 heavy (non-hydrogen) atoms. The lowest BCUT2D eigenvalue weighted by Gasteiger charge is -2.28. The van der Waals surface area contributed by atoms with Gasteiger partial charge in [-0.1, -0.05) is 0 Å². The van der Waals surface area contributed by atoms with E-state index in [0.717, 1.165) is 23.3 Å². The average molecular weight is 295 g/mol. The summed E-state index contributed by atoms with van der Waals surface area (Å²) in [6, 6.07) is 3.40. The summed E-state index contributed by atoms with van der Waals surface area (Å²) < 4.78 is 29.6. The molecule has 2 aliphatic rings. The lowest BCUT2D eigenvalue weighted by molar-refractivity contribution is -0.119. The van der Waals surface area contributed by atoms with Crippen molar-refractivity contribution in [1.82, 2.24) is 5.32 Å². The van der Waals surface area contributed by atoms with Crippen LogP contribution in [0.3, 0.4) is 0 Å². The molecular formula is C14H17NO4S. The van der Waals surface area contributed by atoms with Gasteiger partial charge in [0.25, 0.3) is 0 Å². The van der Waals surface area contributed by atoms with Gasteiger partial charge in [-0.15, -0.1) is 0 Å². The summed E-state index contributed by atoms with van der Waals surface area (Å²) in [5.41, 5.74) is 1.86.